The van der Waals surface area contributed by atoms with Gasteiger partial charge in [0, 0.05) is 60.6 Å². The normalized spacial score (nSPS) is 17.5. The summed E-state index contributed by atoms with van der Waals surface area (Å²) >= 11 is 1.82. The lowest BCUT2D eigenvalue weighted by atomic mass is 9.99. The van der Waals surface area contributed by atoms with Gasteiger partial charge < -0.3 is 9.80 Å². The SMILES string of the molecule is O=C1c2ccccc2CCN1CCCCN1CCN(c2cccc3sccc23)CC1. The molecule has 5 rings (SSSR count). The Hall–Kier alpha value is -2.37. The first-order valence-corrected chi connectivity index (χ1v) is 12.0. The Morgan fingerprint density at radius 1 is 0.833 bits per heavy atom. The van der Waals surface area contributed by atoms with Crippen LogP contribution in [-0.4, -0.2) is 61.5 Å². The number of nitrogens with zero attached hydrogens (tertiary/aromatic N) is 3. The third-order valence-corrected chi connectivity index (χ3v) is 7.41. The molecule has 5 heteroatoms. The van der Waals surface area contributed by atoms with Crippen LogP contribution in [0, 0.1) is 0 Å². The lowest BCUT2D eigenvalue weighted by Crippen LogP contribution is -2.46. The number of piperazine rings is 1. The van der Waals surface area contributed by atoms with Gasteiger partial charge in [0.2, 0.25) is 0 Å². The molecule has 0 aliphatic carbocycles. The van der Waals surface area contributed by atoms with E-state index < -0.39 is 0 Å². The molecule has 1 saturated heterocycles. The van der Waals surface area contributed by atoms with E-state index in [4.69, 9.17) is 0 Å². The molecule has 3 aromatic rings. The van der Waals surface area contributed by atoms with Gasteiger partial charge in [-0.2, -0.15) is 0 Å². The van der Waals surface area contributed by atoms with Gasteiger partial charge in [0.15, 0.2) is 0 Å². The molecule has 0 N–H and O–H groups in total. The van der Waals surface area contributed by atoms with Crippen molar-refractivity contribution in [2.24, 2.45) is 0 Å². The zero-order chi connectivity index (χ0) is 20.3. The number of benzene rings is 2. The Kier molecular flexibility index (Phi) is 5.73. The zero-order valence-corrected chi connectivity index (χ0v) is 18.2. The van der Waals surface area contributed by atoms with E-state index in [0.29, 0.717) is 0 Å². The van der Waals surface area contributed by atoms with Crippen molar-refractivity contribution in [3.8, 4) is 0 Å². The number of amides is 1. The molecule has 156 valence electrons. The Labute approximate surface area is 182 Å². The molecule has 0 atom stereocenters. The molecule has 2 aliphatic heterocycles. The lowest BCUT2D eigenvalue weighted by molar-refractivity contribution is 0.0735. The second-order valence-electron chi connectivity index (χ2n) is 8.34. The average molecular weight is 420 g/mol. The molecule has 1 amide bonds. The number of rotatable bonds is 6. The van der Waals surface area contributed by atoms with Crippen molar-refractivity contribution in [2.75, 3.05) is 50.7 Å². The van der Waals surface area contributed by atoms with Crippen molar-refractivity contribution >= 4 is 33.0 Å². The summed E-state index contributed by atoms with van der Waals surface area (Å²) in [4.78, 5) is 19.8. The molecule has 0 radical (unpaired) electrons. The number of hydrogen-bond donors (Lipinski definition) is 0. The minimum Gasteiger partial charge on any atom is -0.368 e. The van der Waals surface area contributed by atoms with Gasteiger partial charge in [-0.3, -0.25) is 9.69 Å². The van der Waals surface area contributed by atoms with Gasteiger partial charge in [0.25, 0.3) is 5.91 Å². The van der Waals surface area contributed by atoms with Crippen LogP contribution in [0.15, 0.2) is 53.9 Å². The topological polar surface area (TPSA) is 26.8 Å². The molecule has 0 spiro atoms. The first-order chi connectivity index (χ1) is 14.8. The summed E-state index contributed by atoms with van der Waals surface area (Å²) in [6.07, 6.45) is 3.23. The average Bonchev–Trinajstić information content (AvgIpc) is 3.28. The molecule has 0 bridgehead atoms. The van der Waals surface area contributed by atoms with Crippen molar-refractivity contribution < 1.29 is 4.79 Å². The summed E-state index contributed by atoms with van der Waals surface area (Å²) in [5.74, 6) is 0.216. The highest BCUT2D eigenvalue weighted by molar-refractivity contribution is 7.17. The highest BCUT2D eigenvalue weighted by Crippen LogP contribution is 2.31. The summed E-state index contributed by atoms with van der Waals surface area (Å²) in [6, 6.07) is 17.0. The van der Waals surface area contributed by atoms with Crippen LogP contribution in [0.1, 0.15) is 28.8 Å². The maximum atomic E-state index is 12.7. The van der Waals surface area contributed by atoms with Crippen molar-refractivity contribution in [3.05, 3.63) is 65.0 Å². The Bertz CT molecular complexity index is 1020. The van der Waals surface area contributed by atoms with Gasteiger partial charge >= 0.3 is 0 Å². The van der Waals surface area contributed by atoms with Gasteiger partial charge in [-0.25, -0.2) is 0 Å². The van der Waals surface area contributed by atoms with Crippen LogP contribution in [0.5, 0.6) is 0 Å². The van der Waals surface area contributed by atoms with E-state index >= 15 is 0 Å². The van der Waals surface area contributed by atoms with Crippen molar-refractivity contribution in [1.29, 1.82) is 0 Å². The van der Waals surface area contributed by atoms with E-state index in [2.05, 4.69) is 45.5 Å². The molecule has 0 unspecified atom stereocenters. The second kappa shape index (κ2) is 8.78. The molecule has 3 heterocycles. The van der Waals surface area contributed by atoms with Gasteiger partial charge in [-0.05, 0) is 61.0 Å². The standard InChI is InChI=1S/C25H29N3OS/c29-25-21-7-2-1-6-20(21)10-14-28(25)13-4-3-12-26-15-17-27(18-16-26)23-8-5-9-24-22(23)11-19-30-24/h1-2,5-9,11,19H,3-4,10,12-18H2. The van der Waals surface area contributed by atoms with Crippen molar-refractivity contribution in [1.82, 2.24) is 9.80 Å². The van der Waals surface area contributed by atoms with Crippen LogP contribution in [0.2, 0.25) is 0 Å². The fourth-order valence-corrected chi connectivity index (χ4v) is 5.60. The molecule has 30 heavy (non-hydrogen) atoms. The highest BCUT2D eigenvalue weighted by atomic mass is 32.1. The smallest absolute Gasteiger partial charge is 0.254 e. The van der Waals surface area contributed by atoms with E-state index in [-0.39, 0.29) is 5.91 Å². The van der Waals surface area contributed by atoms with E-state index in [1.807, 2.05) is 34.4 Å². The third kappa shape index (κ3) is 3.96. The highest BCUT2D eigenvalue weighted by Gasteiger charge is 2.23. The quantitative estimate of drug-likeness (QED) is 0.551. The molecule has 0 saturated carbocycles. The van der Waals surface area contributed by atoms with E-state index in [1.165, 1.54) is 21.3 Å². The molecular weight excluding hydrogens is 390 g/mol. The number of fused-ring (bicyclic) bond motifs is 2. The summed E-state index contributed by atoms with van der Waals surface area (Å²) in [6.45, 7) is 7.31. The van der Waals surface area contributed by atoms with Crippen LogP contribution in [0.4, 0.5) is 5.69 Å². The Balaban J connectivity index is 1.07. The van der Waals surface area contributed by atoms with Gasteiger partial charge in [0.1, 0.15) is 0 Å². The van der Waals surface area contributed by atoms with Crippen LogP contribution in [-0.2, 0) is 6.42 Å². The minimum absolute atomic E-state index is 0.216. The van der Waals surface area contributed by atoms with Crippen LogP contribution in [0.3, 0.4) is 0 Å². The van der Waals surface area contributed by atoms with Crippen LogP contribution < -0.4 is 4.90 Å². The summed E-state index contributed by atoms with van der Waals surface area (Å²) in [5.41, 5.74) is 3.49. The fraction of sp³-hybridized carbons (Fsp3) is 0.400. The summed E-state index contributed by atoms with van der Waals surface area (Å²) in [5, 5.41) is 3.58. The number of anilines is 1. The first-order valence-electron chi connectivity index (χ1n) is 11.1. The summed E-state index contributed by atoms with van der Waals surface area (Å²) in [7, 11) is 0. The molecule has 2 aliphatic rings. The number of carbonyl (C=O) groups excluding carboxylic acids is 1. The van der Waals surface area contributed by atoms with E-state index in [9.17, 15) is 4.79 Å². The zero-order valence-electron chi connectivity index (χ0n) is 17.4. The maximum Gasteiger partial charge on any atom is 0.254 e. The first kappa shape index (κ1) is 19.6. The lowest BCUT2D eigenvalue weighted by Gasteiger charge is -2.36. The predicted molar refractivity (Wildman–Crippen MR) is 126 cm³/mol. The minimum atomic E-state index is 0.216. The van der Waals surface area contributed by atoms with Gasteiger partial charge in [-0.1, -0.05) is 24.3 Å². The van der Waals surface area contributed by atoms with Gasteiger partial charge in [0.05, 0.1) is 0 Å². The third-order valence-electron chi connectivity index (χ3n) is 6.52. The van der Waals surface area contributed by atoms with Crippen molar-refractivity contribution in [2.45, 2.75) is 19.3 Å². The van der Waals surface area contributed by atoms with E-state index in [1.54, 1.807) is 0 Å². The predicted octanol–water partition coefficient (Wildman–Crippen LogP) is 4.50. The largest absolute Gasteiger partial charge is 0.368 e. The number of hydrogen-bond acceptors (Lipinski definition) is 4. The van der Waals surface area contributed by atoms with Gasteiger partial charge in [-0.15, -0.1) is 11.3 Å². The molecular formula is C25H29N3OS. The Morgan fingerprint density at radius 3 is 2.57 bits per heavy atom. The van der Waals surface area contributed by atoms with Crippen molar-refractivity contribution in [3.63, 3.8) is 0 Å². The van der Waals surface area contributed by atoms with E-state index in [0.717, 1.165) is 70.6 Å². The summed E-state index contributed by atoms with van der Waals surface area (Å²) < 4.78 is 1.38. The molecule has 1 fully saturated rings. The maximum absolute atomic E-state index is 12.7. The number of thiophene rings is 1. The second-order valence-corrected chi connectivity index (χ2v) is 9.29. The number of unbranched alkanes of at least 4 members (excludes halogenated alkanes) is 1. The fourth-order valence-electron chi connectivity index (χ4n) is 4.79. The van der Waals surface area contributed by atoms with Crippen LogP contribution >= 0.6 is 11.3 Å². The molecule has 2 aromatic carbocycles. The monoisotopic (exact) mass is 419 g/mol. The molecule has 4 nitrogen and oxygen atoms in total. The Morgan fingerprint density at radius 2 is 1.67 bits per heavy atom. The molecule has 1 aromatic heterocycles. The van der Waals surface area contributed by atoms with Crippen LogP contribution in [0.25, 0.3) is 10.1 Å². The number of carbonyl (C=O) groups is 1.